The average Bonchev–Trinajstić information content (AvgIpc) is 2.99. The second kappa shape index (κ2) is 7.73. The molecular weight excluding hydrogens is 314 g/mol. The first-order valence-corrected chi connectivity index (χ1v) is 9.60. The highest BCUT2D eigenvalue weighted by atomic mass is 16.5. The van der Waals surface area contributed by atoms with E-state index in [0.29, 0.717) is 23.8 Å². The number of ether oxygens (including phenoxy) is 1. The molecule has 2 aliphatic rings. The normalized spacial score (nSPS) is 24.2. The molecule has 1 aromatic heterocycles. The first-order valence-electron chi connectivity index (χ1n) is 9.60. The Hall–Kier alpha value is -1.62. The van der Waals surface area contributed by atoms with Gasteiger partial charge in [0.15, 0.2) is 0 Å². The number of hydrogen-bond acceptors (Lipinski definition) is 4. The van der Waals surface area contributed by atoms with Gasteiger partial charge >= 0.3 is 0 Å². The maximum absolute atomic E-state index is 12.3. The molecule has 2 aliphatic heterocycles. The van der Waals surface area contributed by atoms with E-state index in [1.807, 2.05) is 33.0 Å². The van der Waals surface area contributed by atoms with Gasteiger partial charge in [-0.05, 0) is 38.3 Å². The summed E-state index contributed by atoms with van der Waals surface area (Å²) in [6.07, 6.45) is 5.53. The molecule has 3 rings (SSSR count). The molecule has 3 heterocycles. The highest BCUT2D eigenvalue weighted by Gasteiger charge is 2.42. The molecule has 0 aliphatic carbocycles. The number of likely N-dealkylation sites (tertiary alicyclic amines) is 2. The van der Waals surface area contributed by atoms with Crippen molar-refractivity contribution in [3.05, 3.63) is 23.9 Å². The van der Waals surface area contributed by atoms with Crippen LogP contribution >= 0.6 is 0 Å². The first kappa shape index (κ1) is 18.2. The molecule has 5 heteroatoms. The van der Waals surface area contributed by atoms with E-state index in [0.717, 1.165) is 39.1 Å². The van der Waals surface area contributed by atoms with Crippen LogP contribution in [0.1, 0.15) is 45.6 Å². The predicted octanol–water partition coefficient (Wildman–Crippen LogP) is 2.95. The van der Waals surface area contributed by atoms with Crippen LogP contribution in [0, 0.1) is 11.3 Å². The fourth-order valence-corrected chi connectivity index (χ4v) is 4.26. The van der Waals surface area contributed by atoms with Gasteiger partial charge in [0.2, 0.25) is 11.8 Å². The standard InChI is InChI=1S/C20H31N3O2/c1-4-25-18-7-6-17(12-21-18)13-22-10-5-8-20(14-22)9-11-23(15-20)19(24)16(2)3/h6-7,12,16H,4-5,8-11,13-15H2,1-3H3. The minimum atomic E-state index is 0.102. The van der Waals surface area contributed by atoms with Gasteiger partial charge in [-0.25, -0.2) is 4.98 Å². The van der Waals surface area contributed by atoms with Gasteiger partial charge in [-0.15, -0.1) is 0 Å². The lowest BCUT2D eigenvalue weighted by Gasteiger charge is -2.40. The lowest BCUT2D eigenvalue weighted by atomic mass is 9.79. The molecule has 1 amide bonds. The zero-order valence-electron chi connectivity index (χ0n) is 15.8. The van der Waals surface area contributed by atoms with Crippen molar-refractivity contribution in [1.82, 2.24) is 14.8 Å². The zero-order valence-corrected chi connectivity index (χ0v) is 15.8. The third-order valence-electron chi connectivity index (χ3n) is 5.48. The number of amides is 1. The number of hydrogen-bond donors (Lipinski definition) is 0. The third-order valence-corrected chi connectivity index (χ3v) is 5.48. The Morgan fingerprint density at radius 3 is 2.80 bits per heavy atom. The van der Waals surface area contributed by atoms with Crippen molar-refractivity contribution >= 4 is 5.91 Å². The molecule has 138 valence electrons. The third kappa shape index (κ3) is 4.32. The SMILES string of the molecule is CCOc1ccc(CN2CCCC3(CCN(C(=O)C(C)C)C3)C2)cn1. The van der Waals surface area contributed by atoms with Crippen molar-refractivity contribution in [2.45, 2.75) is 46.6 Å². The second-order valence-electron chi connectivity index (χ2n) is 7.92. The minimum absolute atomic E-state index is 0.102. The van der Waals surface area contributed by atoms with E-state index in [1.54, 1.807) is 0 Å². The highest BCUT2D eigenvalue weighted by molar-refractivity contribution is 5.78. The van der Waals surface area contributed by atoms with Crippen LogP contribution in [0.2, 0.25) is 0 Å². The summed E-state index contributed by atoms with van der Waals surface area (Å²) in [4.78, 5) is 21.3. The minimum Gasteiger partial charge on any atom is -0.478 e. The Morgan fingerprint density at radius 1 is 1.28 bits per heavy atom. The number of rotatable bonds is 5. The Morgan fingerprint density at radius 2 is 2.12 bits per heavy atom. The van der Waals surface area contributed by atoms with Gasteiger partial charge in [-0.3, -0.25) is 9.69 Å². The van der Waals surface area contributed by atoms with Crippen molar-refractivity contribution < 1.29 is 9.53 Å². The molecule has 1 unspecified atom stereocenters. The van der Waals surface area contributed by atoms with E-state index in [9.17, 15) is 4.79 Å². The number of carbonyl (C=O) groups is 1. The molecule has 0 aromatic carbocycles. The van der Waals surface area contributed by atoms with E-state index in [1.165, 1.54) is 18.4 Å². The predicted molar refractivity (Wildman–Crippen MR) is 98.4 cm³/mol. The van der Waals surface area contributed by atoms with Crippen LogP contribution in [-0.2, 0) is 11.3 Å². The molecular formula is C20H31N3O2. The molecule has 1 spiro atoms. The van der Waals surface area contributed by atoms with Gasteiger partial charge in [0, 0.05) is 49.8 Å². The van der Waals surface area contributed by atoms with Crippen molar-refractivity contribution in [3.8, 4) is 5.88 Å². The van der Waals surface area contributed by atoms with Gasteiger partial charge < -0.3 is 9.64 Å². The quantitative estimate of drug-likeness (QED) is 0.823. The number of piperidine rings is 1. The molecule has 5 nitrogen and oxygen atoms in total. The van der Waals surface area contributed by atoms with Crippen molar-refractivity contribution in [3.63, 3.8) is 0 Å². The van der Waals surface area contributed by atoms with Crippen molar-refractivity contribution in [2.24, 2.45) is 11.3 Å². The van der Waals surface area contributed by atoms with Gasteiger partial charge in [0.1, 0.15) is 0 Å². The van der Waals surface area contributed by atoms with Crippen molar-refractivity contribution in [1.29, 1.82) is 0 Å². The molecule has 0 bridgehead atoms. The summed E-state index contributed by atoms with van der Waals surface area (Å²) in [5.41, 5.74) is 1.52. The van der Waals surface area contributed by atoms with E-state index in [2.05, 4.69) is 20.9 Å². The van der Waals surface area contributed by atoms with Crippen molar-refractivity contribution in [2.75, 3.05) is 32.8 Å². The van der Waals surface area contributed by atoms with Crippen LogP contribution in [0.4, 0.5) is 0 Å². The van der Waals surface area contributed by atoms with Crippen LogP contribution in [0.15, 0.2) is 18.3 Å². The monoisotopic (exact) mass is 345 g/mol. The summed E-state index contributed by atoms with van der Waals surface area (Å²) < 4.78 is 5.42. The molecule has 0 N–H and O–H groups in total. The second-order valence-corrected chi connectivity index (χ2v) is 7.92. The number of pyridine rings is 1. The van der Waals surface area contributed by atoms with E-state index >= 15 is 0 Å². The maximum atomic E-state index is 12.3. The number of aromatic nitrogens is 1. The zero-order chi connectivity index (χ0) is 17.9. The Kier molecular flexibility index (Phi) is 5.62. The molecule has 1 atom stereocenters. The smallest absolute Gasteiger partial charge is 0.225 e. The van der Waals surface area contributed by atoms with E-state index in [4.69, 9.17) is 4.74 Å². The molecule has 0 radical (unpaired) electrons. The summed E-state index contributed by atoms with van der Waals surface area (Å²) in [6, 6.07) is 4.07. The average molecular weight is 345 g/mol. The molecule has 25 heavy (non-hydrogen) atoms. The molecule has 2 saturated heterocycles. The fourth-order valence-electron chi connectivity index (χ4n) is 4.26. The van der Waals surface area contributed by atoms with Gasteiger partial charge in [-0.2, -0.15) is 0 Å². The fraction of sp³-hybridized carbons (Fsp3) is 0.700. The number of nitrogens with zero attached hydrogens (tertiary/aromatic N) is 3. The summed E-state index contributed by atoms with van der Waals surface area (Å²) >= 11 is 0. The Bertz CT molecular complexity index is 587. The molecule has 1 aromatic rings. The lowest BCUT2D eigenvalue weighted by Crippen LogP contribution is -2.45. The van der Waals surface area contributed by atoms with Gasteiger partial charge in [0.05, 0.1) is 6.61 Å². The summed E-state index contributed by atoms with van der Waals surface area (Å²) in [7, 11) is 0. The van der Waals surface area contributed by atoms with Gasteiger partial charge in [-0.1, -0.05) is 19.9 Å². The lowest BCUT2D eigenvalue weighted by molar-refractivity contribution is -0.134. The van der Waals surface area contributed by atoms with Crippen LogP contribution in [0.3, 0.4) is 0 Å². The van der Waals surface area contributed by atoms with Crippen LogP contribution in [0.5, 0.6) is 5.88 Å². The van der Waals surface area contributed by atoms with Crippen LogP contribution in [0.25, 0.3) is 0 Å². The van der Waals surface area contributed by atoms with E-state index < -0.39 is 0 Å². The maximum Gasteiger partial charge on any atom is 0.225 e. The van der Waals surface area contributed by atoms with E-state index in [-0.39, 0.29) is 5.92 Å². The number of carbonyl (C=O) groups excluding carboxylic acids is 1. The highest BCUT2D eigenvalue weighted by Crippen LogP contribution is 2.39. The molecule has 0 saturated carbocycles. The Labute approximate surface area is 151 Å². The largest absolute Gasteiger partial charge is 0.478 e. The summed E-state index contributed by atoms with van der Waals surface area (Å²) in [5.74, 6) is 1.11. The first-order chi connectivity index (χ1) is 12.0. The molecule has 2 fully saturated rings. The van der Waals surface area contributed by atoms with Crippen LogP contribution in [-0.4, -0.2) is 53.5 Å². The van der Waals surface area contributed by atoms with Gasteiger partial charge in [0.25, 0.3) is 0 Å². The summed E-state index contributed by atoms with van der Waals surface area (Å²) in [5, 5.41) is 0. The Balaban J connectivity index is 1.59. The topological polar surface area (TPSA) is 45.7 Å². The summed E-state index contributed by atoms with van der Waals surface area (Å²) in [6.45, 7) is 11.6. The van der Waals surface area contributed by atoms with Crippen LogP contribution < -0.4 is 4.74 Å².